The third-order valence-electron chi connectivity index (χ3n) is 8.55. The Morgan fingerprint density at radius 3 is 2.76 bits per heavy atom. The number of ether oxygens (including phenoxy) is 2. The molecule has 0 bridgehead atoms. The van der Waals surface area contributed by atoms with Crippen LogP contribution in [-0.2, 0) is 24.4 Å². The molecule has 10 nitrogen and oxygen atoms in total. The highest BCUT2D eigenvalue weighted by Gasteiger charge is 2.26. The lowest BCUT2D eigenvalue weighted by Crippen LogP contribution is -2.35. The van der Waals surface area contributed by atoms with E-state index in [4.69, 9.17) is 19.4 Å². The summed E-state index contributed by atoms with van der Waals surface area (Å²) in [4.78, 5) is 26.0. The molecule has 0 saturated carbocycles. The predicted molar refractivity (Wildman–Crippen MR) is 170 cm³/mol. The summed E-state index contributed by atoms with van der Waals surface area (Å²) in [5.74, 6) is 7.47. The molecule has 0 amide bonds. The van der Waals surface area contributed by atoms with Crippen LogP contribution in [0.2, 0.25) is 0 Å². The van der Waals surface area contributed by atoms with Crippen LogP contribution in [0.3, 0.4) is 0 Å². The zero-order chi connectivity index (χ0) is 30.8. The van der Waals surface area contributed by atoms with E-state index in [0.29, 0.717) is 38.0 Å². The minimum absolute atomic E-state index is 0.148. The van der Waals surface area contributed by atoms with Crippen LogP contribution in [0.15, 0.2) is 65.4 Å². The van der Waals surface area contributed by atoms with E-state index in [2.05, 4.69) is 38.6 Å². The van der Waals surface area contributed by atoms with Crippen molar-refractivity contribution in [3.05, 3.63) is 87.1 Å². The Balaban J connectivity index is 0.956. The number of carboxylic acids is 1. The van der Waals surface area contributed by atoms with E-state index < -0.39 is 5.97 Å². The Morgan fingerprint density at radius 2 is 2.00 bits per heavy atom. The van der Waals surface area contributed by atoms with Crippen LogP contribution in [0.4, 0.5) is 0 Å². The topological polar surface area (TPSA) is 105 Å². The number of hydrogen-bond acceptors (Lipinski definition) is 8. The zero-order valence-electron chi connectivity index (χ0n) is 25.2. The van der Waals surface area contributed by atoms with Gasteiger partial charge in [0.2, 0.25) is 12.1 Å². The van der Waals surface area contributed by atoms with Crippen LogP contribution in [-0.4, -0.2) is 74.6 Å². The summed E-state index contributed by atoms with van der Waals surface area (Å²) in [5, 5.41) is 13.8. The summed E-state index contributed by atoms with van der Waals surface area (Å²) in [7, 11) is 1.91. The molecule has 45 heavy (non-hydrogen) atoms. The first-order valence-corrected chi connectivity index (χ1v) is 16.2. The highest BCUT2D eigenvalue weighted by molar-refractivity contribution is 7.12. The molecule has 2 saturated heterocycles. The molecule has 6 heterocycles. The maximum atomic E-state index is 11.6. The number of fused-ring (bicyclic) bond motifs is 1. The molecule has 3 aliphatic rings. The molecule has 0 aliphatic carbocycles. The highest BCUT2D eigenvalue weighted by atomic mass is 32.1. The Morgan fingerprint density at radius 1 is 1.13 bits per heavy atom. The van der Waals surface area contributed by atoms with E-state index in [0.717, 1.165) is 76.8 Å². The second kappa shape index (κ2) is 12.9. The summed E-state index contributed by atoms with van der Waals surface area (Å²) in [6.45, 7) is 5.14. The fourth-order valence-corrected chi connectivity index (χ4v) is 6.74. The van der Waals surface area contributed by atoms with Gasteiger partial charge in [-0.2, -0.15) is 0 Å². The number of pyridine rings is 1. The number of likely N-dealkylation sites (tertiary alicyclic amines) is 1. The maximum Gasteiger partial charge on any atom is 0.335 e. The molecule has 11 heteroatoms. The Kier molecular flexibility index (Phi) is 8.43. The van der Waals surface area contributed by atoms with E-state index in [9.17, 15) is 9.90 Å². The lowest BCUT2D eigenvalue weighted by Gasteiger charge is -2.32. The first-order chi connectivity index (χ1) is 22.0. The number of piperidine rings is 1. The smallest absolute Gasteiger partial charge is 0.335 e. The van der Waals surface area contributed by atoms with Crippen LogP contribution in [0.1, 0.15) is 56.8 Å². The molecule has 230 valence electrons. The minimum atomic E-state index is -0.930. The lowest BCUT2D eigenvalue weighted by atomic mass is 9.93. The van der Waals surface area contributed by atoms with Gasteiger partial charge >= 0.3 is 5.97 Å². The van der Waals surface area contributed by atoms with Gasteiger partial charge in [0.15, 0.2) is 7.05 Å². The molecule has 1 aromatic carbocycles. The van der Waals surface area contributed by atoms with Crippen molar-refractivity contribution in [1.29, 1.82) is 0 Å². The largest absolute Gasteiger partial charge is 0.478 e. The molecule has 1 N–H and O–H groups in total. The Labute approximate surface area is 265 Å². The van der Waals surface area contributed by atoms with Crippen LogP contribution in [0.5, 0.6) is 5.88 Å². The molecule has 0 unspecified atom stereocenters. The van der Waals surface area contributed by atoms with E-state index in [-0.39, 0.29) is 11.7 Å². The van der Waals surface area contributed by atoms with Crippen molar-refractivity contribution < 1.29 is 24.1 Å². The average molecular weight is 624 g/mol. The number of thiophene rings is 1. The van der Waals surface area contributed by atoms with Gasteiger partial charge in [-0.3, -0.25) is 4.90 Å². The number of rotatable bonds is 9. The molecule has 4 aromatic rings. The third kappa shape index (κ3) is 6.83. The lowest BCUT2D eigenvalue weighted by molar-refractivity contribution is -0.491. The summed E-state index contributed by atoms with van der Waals surface area (Å²) in [6, 6.07) is 15.3. The summed E-state index contributed by atoms with van der Waals surface area (Å²) in [6.07, 6.45) is 5.11. The third-order valence-corrected chi connectivity index (χ3v) is 9.52. The van der Waals surface area contributed by atoms with Crippen LogP contribution < -0.4 is 4.74 Å². The Hall–Kier alpha value is -4.37. The second-order valence-electron chi connectivity index (χ2n) is 11.7. The maximum absolute atomic E-state index is 11.6. The summed E-state index contributed by atoms with van der Waals surface area (Å²) in [5.41, 5.74) is 4.04. The van der Waals surface area contributed by atoms with Crippen molar-refractivity contribution in [3.63, 3.8) is 0 Å². The Bertz CT molecular complexity index is 1850. The van der Waals surface area contributed by atoms with Gasteiger partial charge in [0.25, 0.3) is 0 Å². The van der Waals surface area contributed by atoms with Gasteiger partial charge in [0, 0.05) is 29.2 Å². The minimum Gasteiger partial charge on any atom is -0.478 e. The first kappa shape index (κ1) is 29.3. The van der Waals surface area contributed by atoms with Crippen molar-refractivity contribution in [2.75, 3.05) is 33.3 Å². The average Bonchev–Trinajstić information content (AvgIpc) is 3.75. The van der Waals surface area contributed by atoms with Crippen molar-refractivity contribution >= 4 is 28.3 Å². The number of hydrogen-bond donors (Lipinski definition) is 1. The number of benzene rings is 1. The second-order valence-corrected chi connectivity index (χ2v) is 12.9. The van der Waals surface area contributed by atoms with Crippen molar-refractivity contribution in [2.45, 2.75) is 51.0 Å². The van der Waals surface area contributed by atoms with E-state index in [1.54, 1.807) is 28.2 Å². The van der Waals surface area contributed by atoms with Crippen molar-refractivity contribution in [3.8, 4) is 17.7 Å². The van der Waals surface area contributed by atoms with Gasteiger partial charge in [0.1, 0.15) is 19.0 Å². The van der Waals surface area contributed by atoms with Gasteiger partial charge in [-0.05, 0) is 73.9 Å². The van der Waals surface area contributed by atoms with E-state index in [1.165, 1.54) is 0 Å². The van der Waals surface area contributed by atoms with E-state index in [1.807, 2.05) is 37.5 Å². The normalized spacial score (nSPS) is 18.6. The van der Waals surface area contributed by atoms with Crippen molar-refractivity contribution in [1.82, 2.24) is 19.4 Å². The van der Waals surface area contributed by atoms with Gasteiger partial charge in [0.05, 0.1) is 46.2 Å². The molecule has 3 aliphatic heterocycles. The molecular weight excluding hydrogens is 588 g/mol. The van der Waals surface area contributed by atoms with Crippen LogP contribution in [0, 0.1) is 11.8 Å². The number of imidazole rings is 1. The molecule has 1 atom stereocenters. The quantitative estimate of drug-likeness (QED) is 0.200. The number of aromatic nitrogens is 3. The highest BCUT2D eigenvalue weighted by Crippen LogP contribution is 2.30. The fraction of sp³-hybridized carbons (Fsp3) is 0.382. The molecule has 2 fully saturated rings. The number of carboxylic acid groups (broad SMARTS) is 1. The number of aromatic carboxylic acids is 1. The molecule has 0 spiro atoms. The monoisotopic (exact) mass is 623 g/mol. The van der Waals surface area contributed by atoms with Gasteiger partial charge in [-0.1, -0.05) is 22.6 Å². The summed E-state index contributed by atoms with van der Waals surface area (Å²) < 4.78 is 15.8. The SMILES string of the molecule is C[N+]1=NCC(C#Cc2ccc(COc3cccc(C4CCN(Cc5nc6ccc(C(=O)O)cc6n5C[C@@H]5CCO5)CC4)n3)s2)=C1. The van der Waals surface area contributed by atoms with Gasteiger partial charge in [-0.15, -0.1) is 11.3 Å². The number of nitrogens with zero attached hydrogens (tertiary/aromatic N) is 6. The fourth-order valence-electron chi connectivity index (χ4n) is 5.96. The molecule has 7 rings (SSSR count). The zero-order valence-corrected chi connectivity index (χ0v) is 26.0. The van der Waals surface area contributed by atoms with Crippen molar-refractivity contribution in [2.24, 2.45) is 5.11 Å². The predicted octanol–water partition coefficient (Wildman–Crippen LogP) is 5.28. The summed E-state index contributed by atoms with van der Waals surface area (Å²) >= 11 is 1.64. The van der Waals surface area contributed by atoms with Crippen LogP contribution >= 0.6 is 11.3 Å². The number of carbonyl (C=O) groups is 1. The van der Waals surface area contributed by atoms with E-state index >= 15 is 0 Å². The standard InChI is InChI=1S/C34H34N6O4S/c1-38-19-23(18-35-38)5-7-27-8-9-28(45-27)22-44-33-4-2-3-29(37-33)24-11-14-39(15-12-24)21-32-36-30-10-6-25(34(41)42)17-31(30)40(32)20-26-13-16-43-26/h2-4,6,8-10,17,19,24,26H,11-16,18,20-22H2,1H3/p+1/t26-/m0/s1. The van der Waals surface area contributed by atoms with Crippen LogP contribution in [0.25, 0.3) is 11.0 Å². The molecule has 3 aromatic heterocycles. The molecule has 0 radical (unpaired) electrons. The van der Waals surface area contributed by atoms with Gasteiger partial charge in [-0.25, -0.2) is 14.8 Å². The molecular formula is C34H35N6O4S+. The van der Waals surface area contributed by atoms with Gasteiger partial charge < -0.3 is 19.1 Å². The first-order valence-electron chi connectivity index (χ1n) is 15.3. The number of azo groups is 2.